The van der Waals surface area contributed by atoms with Crippen LogP contribution in [0, 0.1) is 0 Å². The minimum atomic E-state index is -0.680. The van der Waals surface area contributed by atoms with Crippen molar-refractivity contribution in [1.29, 1.82) is 0 Å². The summed E-state index contributed by atoms with van der Waals surface area (Å²) >= 11 is 5.24. The van der Waals surface area contributed by atoms with E-state index in [2.05, 4.69) is 39.0 Å². The third-order valence-electron chi connectivity index (χ3n) is 6.74. The SMILES string of the molecule is CSc1nc2c(c(N3CCC[C@@](C)(O)C3)n1)COC1(CCCc3ccc(Br)cc31)C2. The summed E-state index contributed by atoms with van der Waals surface area (Å²) in [7, 11) is 0. The minimum absolute atomic E-state index is 0.306. The molecule has 3 heterocycles. The third kappa shape index (κ3) is 3.68. The van der Waals surface area contributed by atoms with Gasteiger partial charge >= 0.3 is 0 Å². The van der Waals surface area contributed by atoms with Crippen LogP contribution < -0.4 is 4.90 Å². The first-order valence-electron chi connectivity index (χ1n) is 10.7. The zero-order valence-corrected chi connectivity index (χ0v) is 20.0. The Morgan fingerprint density at radius 1 is 1.23 bits per heavy atom. The second kappa shape index (κ2) is 7.76. The van der Waals surface area contributed by atoms with Gasteiger partial charge in [0.05, 0.1) is 23.5 Å². The molecule has 2 aliphatic heterocycles. The average Bonchev–Trinajstić information content (AvgIpc) is 2.72. The molecule has 1 aliphatic carbocycles. The number of aliphatic hydroxyl groups is 1. The molecule has 5 nitrogen and oxygen atoms in total. The second-order valence-electron chi connectivity index (χ2n) is 9.10. The fraction of sp³-hybridized carbons (Fsp3) is 0.565. The lowest BCUT2D eigenvalue weighted by Crippen LogP contribution is -2.47. The lowest BCUT2D eigenvalue weighted by atomic mass is 9.75. The Labute approximate surface area is 190 Å². The van der Waals surface area contributed by atoms with Gasteiger partial charge in [-0.25, -0.2) is 9.97 Å². The predicted octanol–water partition coefficient (Wildman–Crippen LogP) is 4.62. The molecule has 7 heteroatoms. The molecule has 0 bridgehead atoms. The van der Waals surface area contributed by atoms with Gasteiger partial charge in [0.1, 0.15) is 5.82 Å². The number of nitrogens with zero attached hydrogens (tertiary/aromatic N) is 3. The molecule has 1 aromatic carbocycles. The van der Waals surface area contributed by atoms with Crippen molar-refractivity contribution in [2.75, 3.05) is 24.2 Å². The quantitative estimate of drug-likeness (QED) is 0.490. The van der Waals surface area contributed by atoms with Crippen molar-refractivity contribution in [2.45, 2.75) is 68.4 Å². The number of ether oxygens (including phenoxy) is 1. The van der Waals surface area contributed by atoms with Crippen LogP contribution in [0.25, 0.3) is 0 Å². The van der Waals surface area contributed by atoms with E-state index in [0.717, 1.165) is 71.8 Å². The van der Waals surface area contributed by atoms with Crippen LogP contribution in [-0.4, -0.2) is 40.0 Å². The van der Waals surface area contributed by atoms with Crippen LogP contribution in [0.5, 0.6) is 0 Å². The molecule has 2 aromatic rings. The fourth-order valence-electron chi connectivity index (χ4n) is 5.30. The van der Waals surface area contributed by atoms with Crippen LogP contribution >= 0.6 is 27.7 Å². The number of rotatable bonds is 2. The van der Waals surface area contributed by atoms with E-state index in [9.17, 15) is 5.11 Å². The van der Waals surface area contributed by atoms with Crippen molar-refractivity contribution >= 4 is 33.5 Å². The first-order valence-corrected chi connectivity index (χ1v) is 12.7. The summed E-state index contributed by atoms with van der Waals surface area (Å²) in [5.41, 5.74) is 3.91. The first kappa shape index (κ1) is 20.7. The lowest BCUT2D eigenvalue weighted by molar-refractivity contribution is -0.0857. The highest BCUT2D eigenvalue weighted by Crippen LogP contribution is 2.46. The number of aromatic nitrogens is 2. The van der Waals surface area contributed by atoms with Crippen LogP contribution in [0.4, 0.5) is 5.82 Å². The average molecular weight is 490 g/mol. The summed E-state index contributed by atoms with van der Waals surface area (Å²) in [6.45, 7) is 3.95. The van der Waals surface area contributed by atoms with Crippen molar-refractivity contribution in [2.24, 2.45) is 0 Å². The Morgan fingerprint density at radius 3 is 2.90 bits per heavy atom. The Kier molecular flexibility index (Phi) is 5.37. The van der Waals surface area contributed by atoms with E-state index in [1.165, 1.54) is 11.1 Å². The molecule has 3 aliphatic rings. The largest absolute Gasteiger partial charge is 0.388 e. The van der Waals surface area contributed by atoms with Gasteiger partial charge in [-0.1, -0.05) is 33.8 Å². The van der Waals surface area contributed by atoms with Crippen molar-refractivity contribution < 1.29 is 9.84 Å². The van der Waals surface area contributed by atoms with Gasteiger partial charge in [0, 0.05) is 29.5 Å². The highest BCUT2D eigenvalue weighted by atomic mass is 79.9. The fourth-order valence-corrected chi connectivity index (χ4v) is 6.04. The van der Waals surface area contributed by atoms with Crippen molar-refractivity contribution in [3.8, 4) is 0 Å². The molecule has 2 atom stereocenters. The van der Waals surface area contributed by atoms with E-state index in [0.29, 0.717) is 13.2 Å². The van der Waals surface area contributed by atoms with Gasteiger partial charge in [-0.2, -0.15) is 0 Å². The van der Waals surface area contributed by atoms with Gasteiger partial charge < -0.3 is 14.7 Å². The molecule has 1 aromatic heterocycles. The van der Waals surface area contributed by atoms with Crippen LogP contribution in [-0.2, 0) is 29.8 Å². The van der Waals surface area contributed by atoms with Crippen molar-refractivity contribution in [1.82, 2.24) is 9.97 Å². The molecule has 1 saturated heterocycles. The van der Waals surface area contributed by atoms with E-state index < -0.39 is 5.60 Å². The van der Waals surface area contributed by atoms with Gasteiger partial charge in [-0.3, -0.25) is 0 Å². The van der Waals surface area contributed by atoms with Crippen molar-refractivity contribution in [3.63, 3.8) is 0 Å². The molecule has 30 heavy (non-hydrogen) atoms. The van der Waals surface area contributed by atoms with E-state index in [1.54, 1.807) is 11.8 Å². The Hall–Kier alpha value is -1.15. The molecule has 160 valence electrons. The Morgan fingerprint density at radius 2 is 2.10 bits per heavy atom. The molecule has 0 saturated carbocycles. The number of anilines is 1. The number of halogens is 1. The van der Waals surface area contributed by atoms with Crippen LogP contribution in [0.3, 0.4) is 0 Å². The monoisotopic (exact) mass is 489 g/mol. The van der Waals surface area contributed by atoms with Gasteiger partial charge in [-0.05, 0) is 68.5 Å². The van der Waals surface area contributed by atoms with E-state index in [1.807, 2.05) is 13.2 Å². The summed E-state index contributed by atoms with van der Waals surface area (Å²) in [5, 5.41) is 11.4. The summed E-state index contributed by atoms with van der Waals surface area (Å²) < 4.78 is 7.77. The lowest BCUT2D eigenvalue weighted by Gasteiger charge is -2.44. The summed E-state index contributed by atoms with van der Waals surface area (Å²) in [5.74, 6) is 0.949. The van der Waals surface area contributed by atoms with Crippen molar-refractivity contribution in [3.05, 3.63) is 45.1 Å². The molecule has 1 unspecified atom stereocenters. The number of β-amino-alcohol motifs (C(OH)–C–C–N with tert-alkyl or cyclic N) is 1. The second-order valence-corrected chi connectivity index (χ2v) is 10.8. The molecule has 0 radical (unpaired) electrons. The molecule has 0 amide bonds. The van der Waals surface area contributed by atoms with Crippen LogP contribution in [0.1, 0.15) is 55.0 Å². The minimum Gasteiger partial charge on any atom is -0.388 e. The number of piperidine rings is 1. The standard InChI is InChI=1S/C23H28BrN3O2S/c1-22(28)8-4-10-27(14-22)20-17-13-29-23(12-19(17)25-21(26-20)30-2)9-3-5-15-6-7-16(24)11-18(15)23/h6-7,11,28H,3-5,8-10,12-14H2,1-2H3/t22-,23?/m1/s1. The smallest absolute Gasteiger partial charge is 0.189 e. The van der Waals surface area contributed by atoms with Crippen LogP contribution in [0.2, 0.25) is 0 Å². The number of thioether (sulfide) groups is 1. The van der Waals surface area contributed by atoms with Gasteiger partial charge in [0.15, 0.2) is 5.16 Å². The normalized spacial score (nSPS) is 28.3. The molecule has 1 spiro atoms. The number of hydrogen-bond donors (Lipinski definition) is 1. The first-order chi connectivity index (χ1) is 14.4. The predicted molar refractivity (Wildman–Crippen MR) is 123 cm³/mol. The molecule has 1 N–H and O–H groups in total. The maximum Gasteiger partial charge on any atom is 0.189 e. The highest BCUT2D eigenvalue weighted by Gasteiger charge is 2.43. The maximum absolute atomic E-state index is 10.6. The molecular weight excluding hydrogens is 462 g/mol. The zero-order valence-electron chi connectivity index (χ0n) is 17.6. The Balaban J connectivity index is 1.56. The number of hydrogen-bond acceptors (Lipinski definition) is 6. The van der Waals surface area contributed by atoms with Gasteiger partial charge in [0.25, 0.3) is 0 Å². The maximum atomic E-state index is 10.6. The topological polar surface area (TPSA) is 58.5 Å². The molecular formula is C23H28BrN3O2S. The van der Waals surface area contributed by atoms with Gasteiger partial charge in [0.2, 0.25) is 0 Å². The number of fused-ring (bicyclic) bond motifs is 3. The van der Waals surface area contributed by atoms with Crippen LogP contribution in [0.15, 0.2) is 27.8 Å². The van der Waals surface area contributed by atoms with E-state index in [-0.39, 0.29) is 5.60 Å². The highest BCUT2D eigenvalue weighted by molar-refractivity contribution is 9.10. The van der Waals surface area contributed by atoms with E-state index in [4.69, 9.17) is 14.7 Å². The zero-order chi connectivity index (χ0) is 20.9. The summed E-state index contributed by atoms with van der Waals surface area (Å²) in [6.07, 6.45) is 7.85. The Bertz CT molecular complexity index is 983. The molecule has 1 fully saturated rings. The summed E-state index contributed by atoms with van der Waals surface area (Å²) in [6, 6.07) is 6.59. The number of benzene rings is 1. The van der Waals surface area contributed by atoms with Gasteiger partial charge in [-0.15, -0.1) is 0 Å². The third-order valence-corrected chi connectivity index (χ3v) is 7.78. The van der Waals surface area contributed by atoms with E-state index >= 15 is 0 Å². The molecule has 5 rings (SSSR count). The summed E-state index contributed by atoms with van der Waals surface area (Å²) in [4.78, 5) is 12.0. The number of aryl methyl sites for hydroxylation is 1.